The Morgan fingerprint density at radius 2 is 1.89 bits per heavy atom. The van der Waals surface area contributed by atoms with Crippen LogP contribution >= 0.6 is 11.3 Å². The second kappa shape index (κ2) is 8.38. The van der Waals surface area contributed by atoms with E-state index in [1.165, 1.54) is 17.4 Å². The summed E-state index contributed by atoms with van der Waals surface area (Å²) >= 11 is 1.27. The molecule has 1 saturated carbocycles. The van der Waals surface area contributed by atoms with Crippen LogP contribution in [0.4, 0.5) is 13.2 Å². The van der Waals surface area contributed by atoms with Crippen molar-refractivity contribution in [3.8, 4) is 5.88 Å². The molecule has 0 radical (unpaired) electrons. The number of rotatable bonds is 6. The Morgan fingerprint density at radius 1 is 1.18 bits per heavy atom. The maximum Gasteiger partial charge on any atom is 0.417 e. The molecule has 0 unspecified atom stereocenters. The van der Waals surface area contributed by atoms with Crippen molar-refractivity contribution in [2.45, 2.75) is 61.6 Å². The molecule has 2 heterocycles. The van der Waals surface area contributed by atoms with Gasteiger partial charge in [0.2, 0.25) is 15.9 Å². The van der Waals surface area contributed by atoms with Gasteiger partial charge < -0.3 is 4.74 Å². The fourth-order valence-corrected chi connectivity index (χ4v) is 5.67. The maximum atomic E-state index is 12.6. The zero-order valence-corrected chi connectivity index (χ0v) is 16.8. The first-order valence-corrected chi connectivity index (χ1v) is 11.3. The third kappa shape index (κ3) is 5.24. The van der Waals surface area contributed by atoms with E-state index >= 15 is 0 Å². The van der Waals surface area contributed by atoms with Gasteiger partial charge in [-0.2, -0.15) is 13.2 Å². The molecule has 1 aliphatic carbocycles. The minimum Gasteiger partial charge on any atom is -0.474 e. The molecule has 28 heavy (non-hydrogen) atoms. The first-order valence-electron chi connectivity index (χ1n) is 8.98. The van der Waals surface area contributed by atoms with Crippen molar-refractivity contribution < 1.29 is 26.3 Å². The SMILES string of the molecule is CCc1ccc(S(=O)(=O)NC2CCC(Oc3ccc(C(F)(F)F)cn3)CC2)s1. The number of hydrogen-bond acceptors (Lipinski definition) is 5. The molecule has 1 fully saturated rings. The van der Waals surface area contributed by atoms with Crippen LogP contribution in [0.15, 0.2) is 34.7 Å². The molecule has 0 spiro atoms. The van der Waals surface area contributed by atoms with Gasteiger partial charge in [0.25, 0.3) is 0 Å². The number of thiophene rings is 1. The van der Waals surface area contributed by atoms with E-state index in [0.717, 1.165) is 23.6 Å². The lowest BCUT2D eigenvalue weighted by molar-refractivity contribution is -0.137. The zero-order chi connectivity index (χ0) is 20.4. The molecule has 0 aromatic carbocycles. The number of sulfonamides is 1. The van der Waals surface area contributed by atoms with Gasteiger partial charge in [-0.3, -0.25) is 0 Å². The summed E-state index contributed by atoms with van der Waals surface area (Å²) < 4.78 is 71.4. The summed E-state index contributed by atoms with van der Waals surface area (Å²) in [7, 11) is -3.54. The lowest BCUT2D eigenvalue weighted by Crippen LogP contribution is -2.39. The van der Waals surface area contributed by atoms with Crippen LogP contribution in [0.3, 0.4) is 0 Å². The average molecular weight is 435 g/mol. The molecular weight excluding hydrogens is 413 g/mol. The smallest absolute Gasteiger partial charge is 0.417 e. The summed E-state index contributed by atoms with van der Waals surface area (Å²) in [6.07, 6.45) is -0.699. The molecule has 3 rings (SSSR count). The monoisotopic (exact) mass is 434 g/mol. The van der Waals surface area contributed by atoms with Crippen molar-refractivity contribution in [2.24, 2.45) is 0 Å². The summed E-state index contributed by atoms with van der Waals surface area (Å²) in [5.74, 6) is 0.141. The van der Waals surface area contributed by atoms with Gasteiger partial charge in [-0.25, -0.2) is 18.1 Å². The van der Waals surface area contributed by atoms with Crippen LogP contribution in [-0.2, 0) is 22.6 Å². The number of hydrogen-bond donors (Lipinski definition) is 1. The molecular formula is C18H21F3N2O3S2. The van der Waals surface area contributed by atoms with Crippen LogP contribution in [0, 0.1) is 0 Å². The Morgan fingerprint density at radius 3 is 2.43 bits per heavy atom. The largest absolute Gasteiger partial charge is 0.474 e. The molecule has 0 amide bonds. The Kier molecular flexibility index (Phi) is 6.31. The zero-order valence-electron chi connectivity index (χ0n) is 15.2. The van der Waals surface area contributed by atoms with Crippen LogP contribution in [-0.4, -0.2) is 25.5 Å². The van der Waals surface area contributed by atoms with E-state index in [0.29, 0.717) is 29.9 Å². The van der Waals surface area contributed by atoms with Crippen LogP contribution in [0.5, 0.6) is 5.88 Å². The topological polar surface area (TPSA) is 68.3 Å². The minimum absolute atomic E-state index is 0.141. The molecule has 10 heteroatoms. The number of ether oxygens (including phenoxy) is 1. The van der Waals surface area contributed by atoms with E-state index in [4.69, 9.17) is 4.74 Å². The predicted octanol–water partition coefficient (Wildman–Crippen LogP) is 4.39. The number of halogens is 3. The van der Waals surface area contributed by atoms with Crippen molar-refractivity contribution in [3.05, 3.63) is 40.9 Å². The van der Waals surface area contributed by atoms with Crippen LogP contribution in [0.25, 0.3) is 0 Å². The van der Waals surface area contributed by atoms with Crippen LogP contribution in [0.2, 0.25) is 0 Å². The predicted molar refractivity (Wildman–Crippen MR) is 99.9 cm³/mol. The fraction of sp³-hybridized carbons (Fsp3) is 0.500. The van der Waals surface area contributed by atoms with Crippen molar-refractivity contribution >= 4 is 21.4 Å². The third-order valence-electron chi connectivity index (χ3n) is 4.60. The van der Waals surface area contributed by atoms with Gasteiger partial charge in [-0.15, -0.1) is 11.3 Å². The summed E-state index contributed by atoms with van der Waals surface area (Å²) in [5, 5.41) is 0. The van der Waals surface area contributed by atoms with Crippen molar-refractivity contribution in [3.63, 3.8) is 0 Å². The van der Waals surface area contributed by atoms with Gasteiger partial charge in [-0.05, 0) is 50.3 Å². The quantitative estimate of drug-likeness (QED) is 0.732. The highest BCUT2D eigenvalue weighted by Crippen LogP contribution is 2.30. The Balaban J connectivity index is 1.51. The van der Waals surface area contributed by atoms with Gasteiger partial charge in [0.05, 0.1) is 5.56 Å². The van der Waals surface area contributed by atoms with Gasteiger partial charge in [0, 0.05) is 23.2 Å². The number of aryl methyl sites for hydroxylation is 1. The highest BCUT2D eigenvalue weighted by molar-refractivity contribution is 7.91. The van der Waals surface area contributed by atoms with Gasteiger partial charge in [0.15, 0.2) is 0 Å². The molecule has 1 aliphatic rings. The maximum absolute atomic E-state index is 12.6. The molecule has 0 saturated heterocycles. The summed E-state index contributed by atoms with van der Waals surface area (Å²) in [4.78, 5) is 4.73. The second-order valence-corrected chi connectivity index (χ2v) is 9.78. The van der Waals surface area contributed by atoms with E-state index in [1.54, 1.807) is 6.07 Å². The second-order valence-electron chi connectivity index (χ2n) is 6.67. The number of nitrogens with zero attached hydrogens (tertiary/aromatic N) is 1. The van der Waals surface area contributed by atoms with Crippen molar-refractivity contribution in [2.75, 3.05) is 0 Å². The lowest BCUT2D eigenvalue weighted by atomic mass is 9.94. The van der Waals surface area contributed by atoms with Gasteiger partial charge in [-0.1, -0.05) is 6.92 Å². The van der Waals surface area contributed by atoms with E-state index in [-0.39, 0.29) is 18.0 Å². The summed E-state index contributed by atoms with van der Waals surface area (Å²) in [6, 6.07) is 5.41. The molecule has 1 N–H and O–H groups in total. The molecule has 0 aliphatic heterocycles. The fourth-order valence-electron chi connectivity index (χ4n) is 3.06. The minimum atomic E-state index is -4.43. The molecule has 2 aromatic rings. The molecule has 2 aromatic heterocycles. The highest BCUT2D eigenvalue weighted by atomic mass is 32.2. The lowest BCUT2D eigenvalue weighted by Gasteiger charge is -2.28. The number of alkyl halides is 3. The van der Waals surface area contributed by atoms with E-state index in [9.17, 15) is 21.6 Å². The normalized spacial score (nSPS) is 20.9. The summed E-state index contributed by atoms with van der Waals surface area (Å²) in [6.45, 7) is 1.97. The molecule has 154 valence electrons. The molecule has 0 bridgehead atoms. The van der Waals surface area contributed by atoms with E-state index in [2.05, 4.69) is 9.71 Å². The van der Waals surface area contributed by atoms with Gasteiger partial charge >= 0.3 is 6.18 Å². The summed E-state index contributed by atoms with van der Waals surface area (Å²) in [5.41, 5.74) is -0.822. The highest BCUT2D eigenvalue weighted by Gasteiger charge is 2.31. The average Bonchev–Trinajstić information content (AvgIpc) is 3.13. The van der Waals surface area contributed by atoms with Gasteiger partial charge in [0.1, 0.15) is 10.3 Å². The van der Waals surface area contributed by atoms with Crippen LogP contribution < -0.4 is 9.46 Å². The van der Waals surface area contributed by atoms with E-state index < -0.39 is 21.8 Å². The Bertz CT molecular complexity index is 888. The van der Waals surface area contributed by atoms with Crippen molar-refractivity contribution in [1.29, 1.82) is 0 Å². The first kappa shape index (κ1) is 21.1. The number of nitrogens with one attached hydrogen (secondary N) is 1. The Hall–Kier alpha value is -1.65. The van der Waals surface area contributed by atoms with E-state index in [1.807, 2.05) is 13.0 Å². The van der Waals surface area contributed by atoms with Crippen molar-refractivity contribution in [1.82, 2.24) is 9.71 Å². The molecule has 5 nitrogen and oxygen atoms in total. The number of pyridine rings is 1. The Labute approximate surface area is 166 Å². The first-order chi connectivity index (χ1) is 13.2. The van der Waals surface area contributed by atoms with Crippen LogP contribution in [0.1, 0.15) is 43.0 Å². The number of aromatic nitrogens is 1. The third-order valence-corrected chi connectivity index (χ3v) is 7.84. The standard InChI is InChI=1S/C18H21F3N2O3S2/c1-2-15-8-10-17(27-15)28(24,25)23-13-4-6-14(7-5-13)26-16-9-3-12(11-22-16)18(19,20)21/h3,8-11,13-14,23H,2,4-7H2,1H3. The molecule has 0 atom stereocenters.